The number of fused-ring (bicyclic) bond motifs is 4. The minimum absolute atomic E-state index is 0.00144. The summed E-state index contributed by atoms with van der Waals surface area (Å²) < 4.78 is 22.0. The number of benzene rings is 2. The molecule has 16 heteroatoms. The summed E-state index contributed by atoms with van der Waals surface area (Å²) in [6.07, 6.45) is 3.07. The number of allylic oxidation sites excluding steroid dienone is 6. The van der Waals surface area contributed by atoms with Crippen LogP contribution in [0.1, 0.15) is 36.6 Å². The number of carbonyl (C=O) groups excluding carboxylic acids is 2. The van der Waals surface area contributed by atoms with E-state index in [0.29, 0.717) is 38.1 Å². The normalized spacial score (nSPS) is 18.3. The van der Waals surface area contributed by atoms with Crippen LogP contribution >= 0.6 is 31.9 Å². The van der Waals surface area contributed by atoms with Gasteiger partial charge in [0.15, 0.2) is 34.6 Å². The fourth-order valence-electron chi connectivity index (χ4n) is 7.30. The zero-order valence-electron chi connectivity index (χ0n) is 28.1. The molecule has 2 aliphatic carbocycles. The Labute approximate surface area is 306 Å². The highest BCUT2D eigenvalue weighted by atomic mass is 79.9. The van der Waals surface area contributed by atoms with Gasteiger partial charge in [0.1, 0.15) is 5.69 Å². The molecule has 0 radical (unpaired) electrons. The molecule has 0 saturated carbocycles. The summed E-state index contributed by atoms with van der Waals surface area (Å²) in [4.78, 5) is 73.2. The molecule has 2 atom stereocenters. The molecule has 0 spiro atoms. The Morgan fingerprint density at radius 1 is 0.941 bits per heavy atom. The lowest BCUT2D eigenvalue weighted by Crippen LogP contribution is -2.41. The van der Waals surface area contributed by atoms with Crippen molar-refractivity contribution in [2.45, 2.75) is 44.8 Å². The van der Waals surface area contributed by atoms with Gasteiger partial charge in [0, 0.05) is 65.7 Å². The largest absolute Gasteiger partial charge is 0.503 e. The van der Waals surface area contributed by atoms with E-state index < -0.39 is 28.9 Å². The molecule has 3 aliphatic rings. The number of rotatable bonds is 7. The third kappa shape index (κ3) is 5.17. The number of hydrogen-bond donors (Lipinski definition) is 1. The summed E-state index contributed by atoms with van der Waals surface area (Å²) in [5, 5.41) is 10.7. The average molecular weight is 825 g/mol. The molecule has 14 nitrogen and oxygen atoms in total. The quantitative estimate of drug-likeness (QED) is 0.215. The Kier molecular flexibility index (Phi) is 8.57. The standard InChI is InChI=1S/C35H31Br2N5O9/c1-15-10-23(43)17-11-21-16(27(28(17)31(15)44)18-12-26(51-5)32(45)30(37)29(18)36)6-9-41-34(47)40(35(48)42(21)41)8-7-19-33(46)39(2)22-14-25(50-4)24(49-3)13-20(22)38-19/h6,10,12-14,21,27,45H,7-9,11H2,1-5H3/t21-,27-/m1/s1. The molecule has 2 aromatic carbocycles. The van der Waals surface area contributed by atoms with E-state index in [1.54, 1.807) is 38.2 Å². The van der Waals surface area contributed by atoms with Gasteiger partial charge in [-0.2, -0.15) is 0 Å². The fourth-order valence-corrected chi connectivity index (χ4v) is 8.25. The van der Waals surface area contributed by atoms with Gasteiger partial charge in [0.05, 0.1) is 49.4 Å². The lowest BCUT2D eigenvalue weighted by molar-refractivity contribution is -0.116. The summed E-state index contributed by atoms with van der Waals surface area (Å²) in [5.74, 6) is -0.648. The molecular formula is C35H31Br2N5O9. The average Bonchev–Trinajstić information content (AvgIpc) is 3.37. The van der Waals surface area contributed by atoms with Crippen molar-refractivity contribution in [1.29, 1.82) is 0 Å². The van der Waals surface area contributed by atoms with E-state index in [4.69, 9.17) is 14.2 Å². The molecule has 51 heavy (non-hydrogen) atoms. The highest BCUT2D eigenvalue weighted by Gasteiger charge is 2.46. The van der Waals surface area contributed by atoms with Crippen LogP contribution in [0.4, 0.5) is 0 Å². The van der Waals surface area contributed by atoms with Crippen molar-refractivity contribution in [2.75, 3.05) is 21.3 Å². The number of halogens is 2. The number of aryl methyl sites for hydroxylation is 2. The number of aromatic nitrogens is 5. The van der Waals surface area contributed by atoms with Crippen molar-refractivity contribution in [1.82, 2.24) is 23.5 Å². The number of phenols is 1. The summed E-state index contributed by atoms with van der Waals surface area (Å²) in [6, 6.07) is 4.10. The molecule has 4 aromatic rings. The number of hydrogen-bond acceptors (Lipinski definition) is 10. The molecule has 0 unspecified atom stereocenters. The molecule has 7 rings (SSSR count). The van der Waals surface area contributed by atoms with Crippen LogP contribution in [0.5, 0.6) is 23.0 Å². The van der Waals surface area contributed by atoms with Crippen LogP contribution in [0.15, 0.2) is 76.0 Å². The number of phenolic OH excluding ortho intramolecular Hbond substituents is 1. The Balaban J connectivity index is 1.32. The summed E-state index contributed by atoms with van der Waals surface area (Å²) in [5.41, 5.74) is 1.47. The van der Waals surface area contributed by atoms with Crippen LogP contribution in [0, 0.1) is 0 Å². The van der Waals surface area contributed by atoms with Gasteiger partial charge >= 0.3 is 11.4 Å². The smallest absolute Gasteiger partial charge is 0.347 e. The van der Waals surface area contributed by atoms with Crippen molar-refractivity contribution in [2.24, 2.45) is 7.05 Å². The lowest BCUT2D eigenvalue weighted by atomic mass is 9.67. The number of carbonyl (C=O) groups is 2. The third-order valence-electron chi connectivity index (χ3n) is 9.84. The van der Waals surface area contributed by atoms with Gasteiger partial charge in [-0.1, -0.05) is 6.08 Å². The van der Waals surface area contributed by atoms with Crippen LogP contribution < -0.4 is 31.1 Å². The maximum atomic E-state index is 14.2. The maximum absolute atomic E-state index is 14.2. The first-order valence-corrected chi connectivity index (χ1v) is 17.4. The molecule has 0 fully saturated rings. The Hall–Kier alpha value is -4.96. The van der Waals surface area contributed by atoms with Gasteiger partial charge in [-0.05, 0) is 62.1 Å². The molecule has 3 heterocycles. The van der Waals surface area contributed by atoms with Crippen LogP contribution in [0.25, 0.3) is 11.0 Å². The highest BCUT2D eigenvalue weighted by Crippen LogP contribution is 2.54. The van der Waals surface area contributed by atoms with Crippen LogP contribution in [0.2, 0.25) is 0 Å². The molecule has 2 aromatic heterocycles. The Bertz CT molecular complexity index is 2520. The van der Waals surface area contributed by atoms with E-state index in [1.165, 1.54) is 41.3 Å². The number of methoxy groups -OCH3 is 3. The first kappa shape index (κ1) is 34.5. The number of ether oxygens (including phenoxy) is 3. The lowest BCUT2D eigenvalue weighted by Gasteiger charge is -2.40. The summed E-state index contributed by atoms with van der Waals surface area (Å²) in [7, 11) is 5.98. The number of ketones is 2. The number of Topliss-reactive ketones (excluding diaryl/α,β-unsaturated/α-hetero) is 1. The topological polar surface area (TPSA) is 166 Å². The van der Waals surface area contributed by atoms with Crippen molar-refractivity contribution in [3.8, 4) is 23.0 Å². The Morgan fingerprint density at radius 3 is 2.31 bits per heavy atom. The second-order valence-corrected chi connectivity index (χ2v) is 14.0. The zero-order chi connectivity index (χ0) is 36.6. The van der Waals surface area contributed by atoms with Gasteiger partial charge in [0.2, 0.25) is 0 Å². The Morgan fingerprint density at radius 2 is 1.63 bits per heavy atom. The minimum Gasteiger partial charge on any atom is -0.503 e. The van der Waals surface area contributed by atoms with Crippen molar-refractivity contribution in [3.05, 3.63) is 104 Å². The first-order valence-electron chi connectivity index (χ1n) is 15.8. The highest BCUT2D eigenvalue weighted by molar-refractivity contribution is 9.13. The minimum atomic E-state index is -0.821. The van der Waals surface area contributed by atoms with Gasteiger partial charge < -0.3 is 23.9 Å². The third-order valence-corrected chi connectivity index (χ3v) is 12.0. The number of aromatic hydroxyl groups is 1. The van der Waals surface area contributed by atoms with Crippen LogP contribution in [0.3, 0.4) is 0 Å². The van der Waals surface area contributed by atoms with Crippen LogP contribution in [-0.4, -0.2) is 61.5 Å². The maximum Gasteiger partial charge on any atom is 0.347 e. The van der Waals surface area contributed by atoms with Crippen molar-refractivity contribution >= 4 is 54.5 Å². The molecule has 0 bridgehead atoms. The van der Waals surface area contributed by atoms with E-state index in [0.717, 1.165) is 4.57 Å². The van der Waals surface area contributed by atoms with Crippen molar-refractivity contribution in [3.63, 3.8) is 0 Å². The second kappa shape index (κ2) is 12.7. The van der Waals surface area contributed by atoms with Gasteiger partial charge in [-0.25, -0.2) is 28.5 Å². The fraction of sp³-hybridized carbons (Fsp3) is 0.314. The first-order chi connectivity index (χ1) is 24.3. The van der Waals surface area contributed by atoms with Crippen LogP contribution in [-0.2, 0) is 36.1 Å². The SMILES string of the molecule is COc1cc2nc(CCn3c(=O)n4n(c3=O)[C@@H]3CC5=C(C(=O)C(C)=CC5=O)[C@@H](c5cc(OC)c(O)c(Br)c5Br)C3=CC4)c(=O)n(C)c2cc1OC. The van der Waals surface area contributed by atoms with Gasteiger partial charge in [-0.3, -0.25) is 14.4 Å². The summed E-state index contributed by atoms with van der Waals surface area (Å²) in [6.45, 7) is 1.45. The van der Waals surface area contributed by atoms with E-state index in [2.05, 4.69) is 36.8 Å². The van der Waals surface area contributed by atoms with Gasteiger partial charge in [-0.15, -0.1) is 0 Å². The predicted molar refractivity (Wildman–Crippen MR) is 192 cm³/mol. The number of nitrogens with zero attached hydrogens (tertiary/aromatic N) is 5. The van der Waals surface area contributed by atoms with E-state index >= 15 is 0 Å². The van der Waals surface area contributed by atoms with Crippen molar-refractivity contribution < 1.29 is 28.9 Å². The van der Waals surface area contributed by atoms with E-state index in [-0.39, 0.29) is 75.9 Å². The van der Waals surface area contributed by atoms with E-state index in [1.807, 2.05) is 0 Å². The molecule has 1 aliphatic heterocycles. The molecule has 0 amide bonds. The zero-order valence-corrected chi connectivity index (χ0v) is 31.2. The monoisotopic (exact) mass is 823 g/mol. The predicted octanol–water partition coefficient (Wildman–Crippen LogP) is 3.62. The molecule has 1 N–H and O–H groups in total. The second-order valence-electron chi connectivity index (χ2n) is 12.4. The molecular weight excluding hydrogens is 794 g/mol. The molecule has 0 saturated heterocycles. The molecule has 264 valence electrons. The van der Waals surface area contributed by atoms with Gasteiger partial charge in [0.25, 0.3) is 5.56 Å². The summed E-state index contributed by atoms with van der Waals surface area (Å²) >= 11 is 6.97. The van der Waals surface area contributed by atoms with E-state index in [9.17, 15) is 29.1 Å².